The van der Waals surface area contributed by atoms with Gasteiger partial charge in [-0.2, -0.15) is 4.98 Å². The van der Waals surface area contributed by atoms with Crippen LogP contribution in [0.2, 0.25) is 5.15 Å². The Hall–Kier alpha value is -3.28. The summed E-state index contributed by atoms with van der Waals surface area (Å²) in [6.45, 7) is 11.5. The largest absolute Gasteiger partial charge is 0.368 e. The number of H-pyrrole nitrogens is 1. The van der Waals surface area contributed by atoms with Crippen LogP contribution in [0.4, 0.5) is 11.8 Å². The van der Waals surface area contributed by atoms with Crippen LogP contribution in [0, 0.1) is 13.8 Å². The van der Waals surface area contributed by atoms with Crippen molar-refractivity contribution in [3.8, 4) is 0 Å². The van der Waals surface area contributed by atoms with Crippen LogP contribution in [0.3, 0.4) is 0 Å². The SMILES string of the molecule is CCN(CC)CCNC(=O)c1c[nH]c(/C=C2\C(=O)N(Cc3nc(C)c(C)s3)c3nc(N)nc(Cl)c32)c1. The molecule has 0 bridgehead atoms. The molecule has 0 fully saturated rings. The molecule has 0 aromatic carbocycles. The van der Waals surface area contributed by atoms with E-state index in [2.05, 4.69) is 44.0 Å². The monoisotopic (exact) mass is 528 g/mol. The van der Waals surface area contributed by atoms with Gasteiger partial charge in [-0.1, -0.05) is 25.4 Å². The molecule has 12 heteroatoms. The van der Waals surface area contributed by atoms with Gasteiger partial charge in [-0.25, -0.2) is 9.97 Å². The normalized spacial score (nSPS) is 14.2. The Morgan fingerprint density at radius 2 is 2.03 bits per heavy atom. The summed E-state index contributed by atoms with van der Waals surface area (Å²) in [6.07, 6.45) is 3.26. The zero-order valence-electron chi connectivity index (χ0n) is 20.7. The van der Waals surface area contributed by atoms with Crippen LogP contribution in [0.25, 0.3) is 11.6 Å². The molecular weight excluding hydrogens is 500 g/mol. The number of rotatable bonds is 9. The van der Waals surface area contributed by atoms with Gasteiger partial charge >= 0.3 is 0 Å². The topological polar surface area (TPSA) is 133 Å². The Labute approximate surface area is 218 Å². The number of hydrogen-bond acceptors (Lipinski definition) is 8. The van der Waals surface area contributed by atoms with Gasteiger partial charge in [-0.05, 0) is 39.1 Å². The van der Waals surface area contributed by atoms with Crippen molar-refractivity contribution in [2.24, 2.45) is 0 Å². The van der Waals surface area contributed by atoms with Crippen LogP contribution < -0.4 is 16.0 Å². The summed E-state index contributed by atoms with van der Waals surface area (Å²) in [4.78, 5) is 46.9. The number of hydrogen-bond donors (Lipinski definition) is 3. The van der Waals surface area contributed by atoms with Gasteiger partial charge < -0.3 is 20.9 Å². The van der Waals surface area contributed by atoms with Crippen molar-refractivity contribution >= 4 is 58.2 Å². The van der Waals surface area contributed by atoms with E-state index in [1.165, 1.54) is 16.2 Å². The van der Waals surface area contributed by atoms with E-state index in [4.69, 9.17) is 17.3 Å². The number of fused-ring (bicyclic) bond motifs is 1. The Morgan fingerprint density at radius 3 is 2.69 bits per heavy atom. The van der Waals surface area contributed by atoms with Gasteiger partial charge in [0.2, 0.25) is 5.95 Å². The Balaban J connectivity index is 1.58. The van der Waals surface area contributed by atoms with Gasteiger partial charge in [0, 0.05) is 29.9 Å². The fraction of sp³-hybridized carbons (Fsp3) is 0.375. The molecule has 0 radical (unpaired) electrons. The minimum absolute atomic E-state index is 0.0205. The van der Waals surface area contributed by atoms with Crippen molar-refractivity contribution in [1.29, 1.82) is 0 Å². The number of likely N-dealkylation sites (N-methyl/N-ethyl adjacent to an activating group) is 1. The average Bonchev–Trinajstić information content (AvgIpc) is 3.50. The number of aryl methyl sites for hydroxylation is 2. The first-order chi connectivity index (χ1) is 17.2. The van der Waals surface area contributed by atoms with Crippen molar-refractivity contribution in [1.82, 2.24) is 30.2 Å². The van der Waals surface area contributed by atoms with Crippen LogP contribution in [-0.2, 0) is 11.3 Å². The maximum absolute atomic E-state index is 13.5. The summed E-state index contributed by atoms with van der Waals surface area (Å²) in [6, 6.07) is 1.69. The lowest BCUT2D eigenvalue weighted by atomic mass is 10.1. The van der Waals surface area contributed by atoms with E-state index in [-0.39, 0.29) is 29.5 Å². The predicted octanol–water partition coefficient (Wildman–Crippen LogP) is 3.27. The highest BCUT2D eigenvalue weighted by Gasteiger charge is 2.37. The lowest BCUT2D eigenvalue weighted by Crippen LogP contribution is -2.34. The Kier molecular flexibility index (Phi) is 7.72. The molecule has 10 nitrogen and oxygen atoms in total. The van der Waals surface area contributed by atoms with Crippen LogP contribution in [0.5, 0.6) is 0 Å². The number of aromatic amines is 1. The molecule has 1 aliphatic rings. The first-order valence-electron chi connectivity index (χ1n) is 11.7. The maximum Gasteiger partial charge on any atom is 0.260 e. The number of nitrogens with one attached hydrogen (secondary N) is 2. The summed E-state index contributed by atoms with van der Waals surface area (Å²) in [5, 5.41) is 3.80. The molecule has 0 saturated carbocycles. The highest BCUT2D eigenvalue weighted by atomic mass is 35.5. The molecule has 1 aliphatic heterocycles. The second-order valence-corrected chi connectivity index (χ2v) is 10.0. The average molecular weight is 529 g/mol. The number of halogens is 1. The Bertz CT molecular complexity index is 1310. The van der Waals surface area contributed by atoms with Crippen molar-refractivity contribution in [3.05, 3.63) is 49.8 Å². The lowest BCUT2D eigenvalue weighted by molar-refractivity contribution is -0.113. The molecule has 36 heavy (non-hydrogen) atoms. The molecule has 190 valence electrons. The third-order valence-electron chi connectivity index (χ3n) is 6.11. The quantitative estimate of drug-likeness (QED) is 0.286. The molecule has 0 atom stereocenters. The number of aromatic nitrogens is 4. The highest BCUT2D eigenvalue weighted by Crippen LogP contribution is 2.41. The van der Waals surface area contributed by atoms with E-state index in [0.29, 0.717) is 34.8 Å². The minimum atomic E-state index is -0.294. The van der Waals surface area contributed by atoms with Gasteiger partial charge in [0.15, 0.2) is 5.82 Å². The van der Waals surface area contributed by atoms with Gasteiger partial charge in [0.1, 0.15) is 10.2 Å². The number of nitrogens with two attached hydrogens (primary N) is 1. The smallest absolute Gasteiger partial charge is 0.260 e. The number of carbonyl (C=O) groups is 2. The first kappa shape index (κ1) is 25.8. The third-order valence-corrected chi connectivity index (χ3v) is 7.44. The molecule has 0 unspecified atom stereocenters. The molecule has 0 saturated heterocycles. The van der Waals surface area contributed by atoms with Crippen LogP contribution in [0.15, 0.2) is 12.3 Å². The molecule has 0 aliphatic carbocycles. The number of thiazole rings is 1. The second-order valence-electron chi connectivity index (χ2n) is 8.40. The van der Waals surface area contributed by atoms with Gasteiger partial charge in [0.25, 0.3) is 11.8 Å². The standard InChI is InChI=1S/C24H29ClN8O2S/c1-5-32(6-2)8-7-27-22(34)15-9-16(28-11-15)10-17-19-20(25)30-24(26)31-21(19)33(23(17)35)12-18-29-13(3)14(4)36-18/h9-11,28H,5-8,12H2,1-4H3,(H,27,34)(H2,26,30,31)/b17-10-. The highest BCUT2D eigenvalue weighted by molar-refractivity contribution is 7.11. The number of anilines is 2. The predicted molar refractivity (Wildman–Crippen MR) is 143 cm³/mol. The van der Waals surface area contributed by atoms with Crippen molar-refractivity contribution < 1.29 is 9.59 Å². The fourth-order valence-electron chi connectivity index (χ4n) is 3.99. The van der Waals surface area contributed by atoms with E-state index >= 15 is 0 Å². The number of nitrogens with zero attached hydrogens (tertiary/aromatic N) is 5. The molecule has 4 rings (SSSR count). The zero-order valence-corrected chi connectivity index (χ0v) is 22.3. The van der Waals surface area contributed by atoms with Crippen molar-refractivity contribution in [2.45, 2.75) is 34.2 Å². The van der Waals surface area contributed by atoms with Gasteiger partial charge in [-0.15, -0.1) is 11.3 Å². The minimum Gasteiger partial charge on any atom is -0.368 e. The van der Waals surface area contributed by atoms with Crippen molar-refractivity contribution in [2.75, 3.05) is 36.8 Å². The molecule has 4 N–H and O–H groups in total. The number of amides is 2. The van der Waals surface area contributed by atoms with E-state index in [1.54, 1.807) is 18.3 Å². The van der Waals surface area contributed by atoms with Crippen LogP contribution in [0.1, 0.15) is 51.0 Å². The Morgan fingerprint density at radius 1 is 1.28 bits per heavy atom. The van der Waals surface area contributed by atoms with Crippen LogP contribution in [-0.4, -0.2) is 62.8 Å². The van der Waals surface area contributed by atoms with E-state index in [1.807, 2.05) is 13.8 Å². The summed E-state index contributed by atoms with van der Waals surface area (Å²) >= 11 is 7.94. The summed E-state index contributed by atoms with van der Waals surface area (Å²) in [5.41, 5.74) is 8.53. The molecule has 3 aromatic rings. The third kappa shape index (κ3) is 5.28. The number of carbonyl (C=O) groups excluding carboxylic acids is 2. The maximum atomic E-state index is 13.5. The molecule has 0 spiro atoms. The van der Waals surface area contributed by atoms with Gasteiger partial charge in [-0.3, -0.25) is 14.5 Å². The summed E-state index contributed by atoms with van der Waals surface area (Å²) in [5.74, 6) is -0.161. The second kappa shape index (κ2) is 10.8. The van der Waals surface area contributed by atoms with Crippen LogP contribution >= 0.6 is 22.9 Å². The van der Waals surface area contributed by atoms with E-state index in [9.17, 15) is 9.59 Å². The van der Waals surface area contributed by atoms with Crippen molar-refractivity contribution in [3.63, 3.8) is 0 Å². The number of nitrogen functional groups attached to an aromatic ring is 1. The van der Waals surface area contributed by atoms with Gasteiger partial charge in [0.05, 0.1) is 28.9 Å². The zero-order chi connectivity index (χ0) is 26.0. The lowest BCUT2D eigenvalue weighted by Gasteiger charge is -2.17. The summed E-state index contributed by atoms with van der Waals surface area (Å²) < 4.78 is 0. The molecular formula is C24H29ClN8O2S. The molecule has 4 heterocycles. The molecule has 3 aromatic heterocycles. The fourth-order valence-corrected chi connectivity index (χ4v) is 5.18. The van der Waals surface area contributed by atoms with E-state index in [0.717, 1.165) is 35.2 Å². The molecule has 2 amide bonds. The first-order valence-corrected chi connectivity index (χ1v) is 12.9. The summed E-state index contributed by atoms with van der Waals surface area (Å²) in [7, 11) is 0. The van der Waals surface area contributed by atoms with E-state index < -0.39 is 0 Å².